The minimum Gasteiger partial charge on any atom is -0.495 e. The second kappa shape index (κ2) is 10.0. The van der Waals surface area contributed by atoms with Gasteiger partial charge in [0.25, 0.3) is 0 Å². The maximum absolute atomic E-state index is 5.80. The molecule has 0 unspecified atom stereocenters. The Bertz CT molecular complexity index is 1030. The molecule has 1 aromatic carbocycles. The first-order valence-corrected chi connectivity index (χ1v) is 11.9. The van der Waals surface area contributed by atoms with E-state index in [9.17, 15) is 0 Å². The second-order valence-corrected chi connectivity index (χ2v) is 9.14. The van der Waals surface area contributed by atoms with Gasteiger partial charge in [0.15, 0.2) is 5.82 Å². The van der Waals surface area contributed by atoms with Crippen molar-refractivity contribution in [3.05, 3.63) is 29.7 Å². The number of fused-ring (bicyclic) bond motifs is 1. The molecule has 2 aromatic heterocycles. The molecule has 0 saturated heterocycles. The minimum atomic E-state index is 0.401. The molecular formula is C25H37N5O2. The number of rotatable bonds is 9. The zero-order valence-electron chi connectivity index (χ0n) is 20.1. The van der Waals surface area contributed by atoms with Gasteiger partial charge in [0.1, 0.15) is 11.6 Å². The number of hydrogen-bond donors (Lipinski definition) is 1. The van der Waals surface area contributed by atoms with Gasteiger partial charge in [-0.1, -0.05) is 31.4 Å². The van der Waals surface area contributed by atoms with Crippen LogP contribution in [0.2, 0.25) is 0 Å². The lowest BCUT2D eigenvalue weighted by atomic mass is 9.95. The Morgan fingerprint density at radius 1 is 1.19 bits per heavy atom. The number of hydrogen-bond acceptors (Lipinski definition) is 5. The van der Waals surface area contributed by atoms with Crippen LogP contribution in [0.4, 0.5) is 0 Å². The third kappa shape index (κ3) is 4.41. The molecule has 1 aliphatic carbocycles. The molecule has 32 heavy (non-hydrogen) atoms. The second-order valence-electron chi connectivity index (χ2n) is 9.14. The first kappa shape index (κ1) is 22.8. The SMILES string of the molecule is COCCN(Cc1nc(-c2c(C)n(C3CCCCC3)c3c(OC)cccc23)n[nH]1)C(C)C. The normalized spacial score (nSPS) is 15.3. The third-order valence-electron chi connectivity index (χ3n) is 6.81. The molecule has 0 atom stereocenters. The van der Waals surface area contributed by atoms with Gasteiger partial charge >= 0.3 is 0 Å². The number of aromatic amines is 1. The lowest BCUT2D eigenvalue weighted by Crippen LogP contribution is -2.33. The van der Waals surface area contributed by atoms with E-state index in [1.54, 1.807) is 14.2 Å². The number of H-pyrrole nitrogens is 1. The Labute approximate surface area is 191 Å². The summed E-state index contributed by atoms with van der Waals surface area (Å²) in [6.45, 7) is 8.88. The molecule has 7 nitrogen and oxygen atoms in total. The Morgan fingerprint density at radius 3 is 2.66 bits per heavy atom. The van der Waals surface area contributed by atoms with E-state index in [4.69, 9.17) is 14.5 Å². The summed E-state index contributed by atoms with van der Waals surface area (Å²) in [5.41, 5.74) is 3.51. The highest BCUT2D eigenvalue weighted by atomic mass is 16.5. The summed E-state index contributed by atoms with van der Waals surface area (Å²) in [6.07, 6.45) is 6.32. The van der Waals surface area contributed by atoms with E-state index in [1.165, 1.54) is 43.3 Å². The number of benzene rings is 1. The Morgan fingerprint density at radius 2 is 1.97 bits per heavy atom. The number of nitrogens with one attached hydrogen (secondary N) is 1. The van der Waals surface area contributed by atoms with Crippen LogP contribution in [0.3, 0.4) is 0 Å². The molecule has 0 aliphatic heterocycles. The Hall–Kier alpha value is -2.38. The van der Waals surface area contributed by atoms with Crippen molar-refractivity contribution in [3.8, 4) is 17.1 Å². The van der Waals surface area contributed by atoms with Crippen LogP contribution in [0.15, 0.2) is 18.2 Å². The van der Waals surface area contributed by atoms with Crippen LogP contribution in [0, 0.1) is 6.92 Å². The fraction of sp³-hybridized carbons (Fsp3) is 0.600. The van der Waals surface area contributed by atoms with E-state index in [-0.39, 0.29) is 0 Å². The summed E-state index contributed by atoms with van der Waals surface area (Å²) >= 11 is 0. The molecule has 1 fully saturated rings. The number of methoxy groups -OCH3 is 2. The van der Waals surface area contributed by atoms with Crippen molar-refractivity contribution in [1.29, 1.82) is 0 Å². The predicted molar refractivity (Wildman–Crippen MR) is 128 cm³/mol. The molecule has 2 heterocycles. The van der Waals surface area contributed by atoms with E-state index in [0.29, 0.717) is 18.7 Å². The van der Waals surface area contributed by atoms with Crippen molar-refractivity contribution in [1.82, 2.24) is 24.6 Å². The smallest absolute Gasteiger partial charge is 0.183 e. The van der Waals surface area contributed by atoms with Crippen LogP contribution in [0.5, 0.6) is 5.75 Å². The summed E-state index contributed by atoms with van der Waals surface area (Å²) in [5, 5.41) is 9.01. The maximum atomic E-state index is 5.80. The minimum absolute atomic E-state index is 0.401. The van der Waals surface area contributed by atoms with Crippen LogP contribution >= 0.6 is 0 Å². The molecule has 1 aliphatic rings. The van der Waals surface area contributed by atoms with Gasteiger partial charge in [0, 0.05) is 42.4 Å². The topological polar surface area (TPSA) is 68.2 Å². The van der Waals surface area contributed by atoms with Crippen molar-refractivity contribution >= 4 is 10.9 Å². The quantitative estimate of drug-likeness (QED) is 0.502. The molecule has 174 valence electrons. The highest BCUT2D eigenvalue weighted by Crippen LogP contribution is 2.42. The monoisotopic (exact) mass is 439 g/mol. The lowest BCUT2D eigenvalue weighted by molar-refractivity contribution is 0.123. The standard InChI is InChI=1S/C25H37N5O2/c1-17(2)29(14-15-31-4)16-22-26-25(28-27-22)23-18(3)30(19-10-7-6-8-11-19)24-20(23)12-9-13-21(24)32-5/h9,12-13,17,19H,6-8,10-11,14-16H2,1-5H3,(H,26,27,28). The highest BCUT2D eigenvalue weighted by molar-refractivity contribution is 5.99. The Balaban J connectivity index is 1.74. The molecule has 1 saturated carbocycles. The van der Waals surface area contributed by atoms with E-state index in [2.05, 4.69) is 58.6 Å². The van der Waals surface area contributed by atoms with Crippen molar-refractivity contribution in [2.24, 2.45) is 0 Å². The molecule has 0 spiro atoms. The molecule has 4 rings (SSSR count). The third-order valence-corrected chi connectivity index (χ3v) is 6.81. The maximum Gasteiger partial charge on any atom is 0.183 e. The summed E-state index contributed by atoms with van der Waals surface area (Å²) in [6, 6.07) is 7.20. The number of ether oxygens (including phenoxy) is 2. The van der Waals surface area contributed by atoms with Gasteiger partial charge in [-0.15, -0.1) is 0 Å². The van der Waals surface area contributed by atoms with E-state index < -0.39 is 0 Å². The van der Waals surface area contributed by atoms with Crippen molar-refractivity contribution in [3.63, 3.8) is 0 Å². The van der Waals surface area contributed by atoms with Gasteiger partial charge in [0.05, 0.1) is 25.8 Å². The van der Waals surface area contributed by atoms with Gasteiger partial charge < -0.3 is 14.0 Å². The van der Waals surface area contributed by atoms with E-state index >= 15 is 0 Å². The summed E-state index contributed by atoms with van der Waals surface area (Å²) in [5.74, 6) is 2.56. The van der Waals surface area contributed by atoms with Gasteiger partial charge in [-0.3, -0.25) is 10.00 Å². The molecule has 7 heteroatoms. The van der Waals surface area contributed by atoms with Crippen LogP contribution in [0.1, 0.15) is 63.5 Å². The molecule has 0 bridgehead atoms. The molecular weight excluding hydrogens is 402 g/mol. The van der Waals surface area contributed by atoms with Gasteiger partial charge in [-0.05, 0) is 39.7 Å². The van der Waals surface area contributed by atoms with Crippen LogP contribution in [-0.4, -0.2) is 58.1 Å². The van der Waals surface area contributed by atoms with Crippen LogP contribution in [-0.2, 0) is 11.3 Å². The average Bonchev–Trinajstić information content (AvgIpc) is 3.37. The Kier molecular flexibility index (Phi) is 7.16. The number of aromatic nitrogens is 4. The van der Waals surface area contributed by atoms with Gasteiger partial charge in [-0.25, -0.2) is 4.98 Å². The van der Waals surface area contributed by atoms with Crippen molar-refractivity contribution in [2.75, 3.05) is 27.4 Å². The average molecular weight is 440 g/mol. The highest BCUT2D eigenvalue weighted by Gasteiger charge is 2.26. The largest absolute Gasteiger partial charge is 0.495 e. The zero-order chi connectivity index (χ0) is 22.7. The fourth-order valence-electron chi connectivity index (χ4n) is 5.10. The molecule has 1 N–H and O–H groups in total. The summed E-state index contributed by atoms with van der Waals surface area (Å²) < 4.78 is 13.6. The molecule has 0 radical (unpaired) electrons. The van der Waals surface area contributed by atoms with Crippen molar-refractivity contribution < 1.29 is 9.47 Å². The van der Waals surface area contributed by atoms with Gasteiger partial charge in [-0.2, -0.15) is 5.10 Å². The number of para-hydroxylation sites is 1. The number of nitrogens with zero attached hydrogens (tertiary/aromatic N) is 4. The predicted octanol–water partition coefficient (Wildman–Crippen LogP) is 5.11. The van der Waals surface area contributed by atoms with Crippen LogP contribution in [0.25, 0.3) is 22.3 Å². The lowest BCUT2D eigenvalue weighted by Gasteiger charge is -2.26. The molecule has 0 amide bonds. The van der Waals surface area contributed by atoms with E-state index in [0.717, 1.165) is 41.4 Å². The summed E-state index contributed by atoms with van der Waals surface area (Å²) in [7, 11) is 3.50. The van der Waals surface area contributed by atoms with Crippen molar-refractivity contribution in [2.45, 2.75) is 71.5 Å². The summed E-state index contributed by atoms with van der Waals surface area (Å²) in [4.78, 5) is 7.27. The first-order chi connectivity index (χ1) is 15.5. The molecule has 3 aromatic rings. The zero-order valence-corrected chi connectivity index (χ0v) is 20.1. The van der Waals surface area contributed by atoms with Crippen LogP contribution < -0.4 is 4.74 Å². The van der Waals surface area contributed by atoms with Gasteiger partial charge in [0.2, 0.25) is 0 Å². The van der Waals surface area contributed by atoms with E-state index in [1.807, 2.05) is 0 Å². The first-order valence-electron chi connectivity index (χ1n) is 11.9. The fourth-order valence-corrected chi connectivity index (χ4v) is 5.10.